The molecule has 18 heavy (non-hydrogen) atoms. The molecule has 0 radical (unpaired) electrons. The standard InChI is InChI=1S/C7H8O3S.C5H9NO/c1-6-2-4-7(5-3-6)11(8,9)10;1-5(2-6-1)3-7-4-5/h2-5H,1H3,(H,8,9,10);6H,1-4H2. The Morgan fingerprint density at radius 1 is 1.22 bits per heavy atom. The molecule has 1 spiro atoms. The number of hydrogen-bond acceptors (Lipinski definition) is 4. The lowest BCUT2D eigenvalue weighted by atomic mass is 9.80. The molecule has 3 rings (SSSR count). The summed E-state index contributed by atoms with van der Waals surface area (Å²) in [6, 6.07) is 5.99. The molecule has 2 N–H and O–H groups in total. The van der Waals surface area contributed by atoms with Crippen LogP contribution in [0.25, 0.3) is 0 Å². The second-order valence-electron chi connectivity index (χ2n) is 4.88. The zero-order valence-corrected chi connectivity index (χ0v) is 11.0. The fraction of sp³-hybridized carbons (Fsp3) is 0.500. The van der Waals surface area contributed by atoms with Gasteiger partial charge in [0.05, 0.1) is 18.1 Å². The van der Waals surface area contributed by atoms with E-state index < -0.39 is 10.1 Å². The minimum atomic E-state index is -4.02. The van der Waals surface area contributed by atoms with Gasteiger partial charge in [-0.15, -0.1) is 0 Å². The van der Waals surface area contributed by atoms with Crippen LogP contribution in [-0.4, -0.2) is 39.3 Å². The van der Waals surface area contributed by atoms with Gasteiger partial charge in [0.15, 0.2) is 0 Å². The quantitative estimate of drug-likeness (QED) is 0.741. The first kappa shape index (κ1) is 13.5. The first-order valence-corrected chi connectivity index (χ1v) is 7.18. The summed E-state index contributed by atoms with van der Waals surface area (Å²) in [5, 5.41) is 3.22. The molecule has 0 unspecified atom stereocenters. The van der Waals surface area contributed by atoms with Gasteiger partial charge < -0.3 is 10.1 Å². The SMILES string of the molecule is C1NCC12COC2.Cc1ccc(S(=O)(=O)O)cc1. The van der Waals surface area contributed by atoms with Gasteiger partial charge in [-0.05, 0) is 19.1 Å². The molecule has 0 saturated carbocycles. The highest BCUT2D eigenvalue weighted by molar-refractivity contribution is 7.85. The van der Waals surface area contributed by atoms with Crippen molar-refractivity contribution in [2.24, 2.45) is 5.41 Å². The molecule has 0 aromatic heterocycles. The van der Waals surface area contributed by atoms with Gasteiger partial charge in [-0.2, -0.15) is 8.42 Å². The van der Waals surface area contributed by atoms with Crippen LogP contribution >= 0.6 is 0 Å². The minimum Gasteiger partial charge on any atom is -0.380 e. The third-order valence-electron chi connectivity index (χ3n) is 3.14. The topological polar surface area (TPSA) is 75.6 Å². The molecule has 6 heteroatoms. The maximum Gasteiger partial charge on any atom is 0.294 e. The van der Waals surface area contributed by atoms with Crippen molar-refractivity contribution < 1.29 is 17.7 Å². The van der Waals surface area contributed by atoms with Gasteiger partial charge in [-0.1, -0.05) is 17.7 Å². The minimum absolute atomic E-state index is 0.0666. The maximum absolute atomic E-state index is 10.5. The number of rotatable bonds is 1. The largest absolute Gasteiger partial charge is 0.380 e. The summed E-state index contributed by atoms with van der Waals surface area (Å²) < 4.78 is 34.6. The van der Waals surface area contributed by atoms with Crippen LogP contribution in [-0.2, 0) is 14.9 Å². The van der Waals surface area contributed by atoms with E-state index in [4.69, 9.17) is 9.29 Å². The van der Waals surface area contributed by atoms with Crippen molar-refractivity contribution in [1.29, 1.82) is 0 Å². The number of nitrogens with one attached hydrogen (secondary N) is 1. The summed E-state index contributed by atoms with van der Waals surface area (Å²) in [5.41, 5.74) is 1.57. The predicted molar refractivity (Wildman–Crippen MR) is 67.1 cm³/mol. The van der Waals surface area contributed by atoms with E-state index in [2.05, 4.69) is 5.32 Å². The molecule has 100 valence electrons. The Morgan fingerprint density at radius 2 is 1.78 bits per heavy atom. The van der Waals surface area contributed by atoms with E-state index in [1.165, 1.54) is 25.2 Å². The maximum atomic E-state index is 10.5. The van der Waals surface area contributed by atoms with Crippen LogP contribution in [0, 0.1) is 12.3 Å². The number of aryl methyl sites for hydroxylation is 1. The van der Waals surface area contributed by atoms with Crippen molar-refractivity contribution in [3.8, 4) is 0 Å². The predicted octanol–water partition coefficient (Wildman–Crippen LogP) is 0.848. The molecule has 2 aliphatic heterocycles. The Balaban J connectivity index is 0.000000146. The Bertz CT molecular complexity index is 486. The van der Waals surface area contributed by atoms with Crippen molar-refractivity contribution in [1.82, 2.24) is 5.32 Å². The number of benzene rings is 1. The molecule has 1 aromatic carbocycles. The van der Waals surface area contributed by atoms with E-state index >= 15 is 0 Å². The highest BCUT2D eigenvalue weighted by Crippen LogP contribution is 2.30. The fourth-order valence-corrected chi connectivity index (χ4v) is 2.26. The molecule has 2 saturated heterocycles. The van der Waals surface area contributed by atoms with E-state index in [0.29, 0.717) is 5.41 Å². The summed E-state index contributed by atoms with van der Waals surface area (Å²) in [5.74, 6) is 0. The summed E-state index contributed by atoms with van der Waals surface area (Å²) in [4.78, 5) is -0.0666. The Kier molecular flexibility index (Phi) is 3.72. The Morgan fingerprint density at radius 3 is 2.00 bits per heavy atom. The van der Waals surface area contributed by atoms with Crippen molar-refractivity contribution >= 4 is 10.1 Å². The van der Waals surface area contributed by atoms with Crippen LogP contribution < -0.4 is 5.32 Å². The highest BCUT2D eigenvalue weighted by atomic mass is 32.2. The molecule has 0 amide bonds. The molecule has 2 heterocycles. The highest BCUT2D eigenvalue weighted by Gasteiger charge is 2.43. The third kappa shape index (κ3) is 3.08. The van der Waals surface area contributed by atoms with E-state index in [1.807, 2.05) is 6.92 Å². The van der Waals surface area contributed by atoms with Gasteiger partial charge in [0.2, 0.25) is 0 Å². The normalized spacial score (nSPS) is 20.3. The lowest BCUT2D eigenvalue weighted by Gasteiger charge is -2.48. The molecule has 0 atom stereocenters. The lowest BCUT2D eigenvalue weighted by Crippen LogP contribution is -2.64. The summed E-state index contributed by atoms with van der Waals surface area (Å²) >= 11 is 0. The van der Waals surface area contributed by atoms with Gasteiger partial charge in [-0.25, -0.2) is 0 Å². The summed E-state index contributed by atoms with van der Waals surface area (Å²) in [6.45, 7) is 6.22. The number of ether oxygens (including phenoxy) is 1. The van der Waals surface area contributed by atoms with Crippen LogP contribution in [0.5, 0.6) is 0 Å². The van der Waals surface area contributed by atoms with Crippen LogP contribution in [0.15, 0.2) is 29.2 Å². The second kappa shape index (κ2) is 4.97. The van der Waals surface area contributed by atoms with E-state index in [0.717, 1.165) is 18.8 Å². The second-order valence-corrected chi connectivity index (χ2v) is 6.31. The average molecular weight is 271 g/mol. The van der Waals surface area contributed by atoms with Crippen LogP contribution in [0.3, 0.4) is 0 Å². The Hall–Kier alpha value is -0.950. The molecule has 2 fully saturated rings. The molecule has 0 bridgehead atoms. The summed E-state index contributed by atoms with van der Waals surface area (Å²) in [6.07, 6.45) is 0. The van der Waals surface area contributed by atoms with E-state index in [9.17, 15) is 8.42 Å². The summed E-state index contributed by atoms with van der Waals surface area (Å²) in [7, 11) is -4.02. The van der Waals surface area contributed by atoms with Crippen molar-refractivity contribution in [2.75, 3.05) is 26.3 Å². The average Bonchev–Trinajstić information content (AvgIpc) is 2.12. The zero-order chi connectivity index (χ0) is 13.2. The first-order chi connectivity index (χ1) is 8.41. The van der Waals surface area contributed by atoms with Gasteiger partial charge in [0.1, 0.15) is 0 Å². The monoisotopic (exact) mass is 271 g/mol. The molecular formula is C12H17NO4S. The van der Waals surface area contributed by atoms with Crippen LogP contribution in [0.2, 0.25) is 0 Å². The van der Waals surface area contributed by atoms with Crippen molar-refractivity contribution in [3.05, 3.63) is 29.8 Å². The molecule has 5 nitrogen and oxygen atoms in total. The van der Waals surface area contributed by atoms with Gasteiger partial charge in [-0.3, -0.25) is 4.55 Å². The van der Waals surface area contributed by atoms with Crippen LogP contribution in [0.4, 0.5) is 0 Å². The molecule has 0 aliphatic carbocycles. The smallest absolute Gasteiger partial charge is 0.294 e. The lowest BCUT2D eigenvalue weighted by molar-refractivity contribution is -0.139. The fourth-order valence-electron chi connectivity index (χ4n) is 1.78. The number of hydrogen-bond donors (Lipinski definition) is 2. The van der Waals surface area contributed by atoms with Crippen molar-refractivity contribution in [2.45, 2.75) is 11.8 Å². The van der Waals surface area contributed by atoms with E-state index in [1.54, 1.807) is 12.1 Å². The van der Waals surface area contributed by atoms with Gasteiger partial charge in [0, 0.05) is 18.5 Å². The third-order valence-corrected chi connectivity index (χ3v) is 4.00. The van der Waals surface area contributed by atoms with E-state index in [-0.39, 0.29) is 4.90 Å². The van der Waals surface area contributed by atoms with Crippen LogP contribution in [0.1, 0.15) is 5.56 Å². The zero-order valence-electron chi connectivity index (χ0n) is 10.2. The van der Waals surface area contributed by atoms with Crippen molar-refractivity contribution in [3.63, 3.8) is 0 Å². The van der Waals surface area contributed by atoms with Gasteiger partial charge >= 0.3 is 0 Å². The molecule has 1 aromatic rings. The first-order valence-electron chi connectivity index (χ1n) is 5.74. The van der Waals surface area contributed by atoms with Gasteiger partial charge in [0.25, 0.3) is 10.1 Å². The molecule has 2 aliphatic rings. The Labute approximate surface area is 107 Å². The molecular weight excluding hydrogens is 254 g/mol.